The topological polar surface area (TPSA) is 88.4 Å². The number of ketones is 1. The van der Waals surface area contributed by atoms with E-state index in [-0.39, 0.29) is 18.5 Å². The predicted molar refractivity (Wildman–Crippen MR) is 170 cm³/mol. The molecule has 0 aliphatic heterocycles. The molecule has 0 saturated heterocycles. The summed E-state index contributed by atoms with van der Waals surface area (Å²) in [5, 5.41) is 16.2. The molecule has 42 heavy (non-hydrogen) atoms. The maximum absolute atomic E-state index is 14.6. The number of nitriles is 1. The van der Waals surface area contributed by atoms with Crippen molar-refractivity contribution < 1.29 is 19.1 Å². The van der Waals surface area contributed by atoms with E-state index >= 15 is 0 Å². The summed E-state index contributed by atoms with van der Waals surface area (Å²) < 4.78 is 11.5. The quantitative estimate of drug-likeness (QED) is 0.256. The van der Waals surface area contributed by atoms with Gasteiger partial charge in [0, 0.05) is 0 Å². The fraction of sp³-hybridized carbons (Fsp3) is 0.200. The average Bonchev–Trinajstić information content (AvgIpc) is 3.00. The first-order valence-corrected chi connectivity index (χ1v) is 15.5. The number of amides is 1. The summed E-state index contributed by atoms with van der Waals surface area (Å²) in [6, 6.07) is 39.7. The largest absolute Gasteiger partial charge is 0.444 e. The van der Waals surface area contributed by atoms with Crippen LogP contribution in [0.1, 0.15) is 26.3 Å². The third-order valence-electron chi connectivity index (χ3n) is 6.51. The SMILES string of the molecule is CC(C)(C)OC(=O)N[C@@H](COCc1ccccc1)C(=O)C(C#N)=P(c1ccccc1)(c1ccccc1)c1ccccc1. The summed E-state index contributed by atoms with van der Waals surface area (Å²) in [4.78, 5) is 27.6. The Balaban J connectivity index is 1.91. The maximum atomic E-state index is 14.6. The first-order valence-electron chi connectivity index (χ1n) is 13.7. The van der Waals surface area contributed by atoms with Crippen molar-refractivity contribution in [2.24, 2.45) is 0 Å². The number of carbonyl (C=O) groups excluding carboxylic acids is 2. The third kappa shape index (κ3) is 7.25. The highest BCUT2D eigenvalue weighted by molar-refractivity contribution is 7.97. The van der Waals surface area contributed by atoms with Crippen LogP contribution in [0.4, 0.5) is 4.79 Å². The summed E-state index contributed by atoms with van der Waals surface area (Å²) in [6.45, 7) is 2.35. The lowest BCUT2D eigenvalue weighted by atomic mass is 10.1. The van der Waals surface area contributed by atoms with E-state index in [1.54, 1.807) is 20.8 Å². The number of ether oxygens (including phenoxy) is 2. The second-order valence-corrected chi connectivity index (χ2v) is 14.0. The zero-order valence-corrected chi connectivity index (χ0v) is 25.0. The summed E-state index contributed by atoms with van der Waals surface area (Å²) in [5.41, 5.74) is 0.143. The van der Waals surface area contributed by atoms with Gasteiger partial charge < -0.3 is 14.8 Å². The molecule has 7 heteroatoms. The Labute approximate surface area is 247 Å². The minimum absolute atomic E-state index is 0.0652. The number of Topliss-reactive ketones (excluding diaryl/α,β-unsaturated/α-hetero) is 1. The lowest BCUT2D eigenvalue weighted by Gasteiger charge is -2.31. The van der Waals surface area contributed by atoms with Crippen LogP contribution in [0, 0.1) is 11.3 Å². The van der Waals surface area contributed by atoms with Gasteiger partial charge in [0.15, 0.2) is 5.78 Å². The van der Waals surface area contributed by atoms with E-state index in [0.29, 0.717) is 0 Å². The molecule has 0 radical (unpaired) electrons. The monoisotopic (exact) mass is 578 g/mol. The van der Waals surface area contributed by atoms with E-state index in [1.807, 2.05) is 121 Å². The number of hydrogen-bond donors (Lipinski definition) is 1. The van der Waals surface area contributed by atoms with Crippen LogP contribution in [0.5, 0.6) is 0 Å². The molecule has 1 atom stereocenters. The average molecular weight is 579 g/mol. The van der Waals surface area contributed by atoms with Crippen LogP contribution in [0.25, 0.3) is 0 Å². The van der Waals surface area contributed by atoms with Gasteiger partial charge >= 0.3 is 6.09 Å². The molecule has 0 fully saturated rings. The number of nitrogens with zero attached hydrogens (tertiary/aromatic N) is 1. The maximum Gasteiger partial charge on any atom is 0.408 e. The lowest BCUT2D eigenvalue weighted by Crippen LogP contribution is -2.49. The Hall–Kier alpha value is -4.43. The molecule has 0 aliphatic carbocycles. The molecule has 1 amide bonds. The Morgan fingerprint density at radius 2 is 1.19 bits per heavy atom. The molecule has 0 heterocycles. The van der Waals surface area contributed by atoms with Crippen LogP contribution in [0.2, 0.25) is 0 Å². The minimum atomic E-state index is -2.99. The molecule has 0 bridgehead atoms. The Bertz CT molecular complexity index is 1470. The van der Waals surface area contributed by atoms with E-state index in [2.05, 4.69) is 11.4 Å². The molecular formula is C35H35N2O4P. The zero-order valence-electron chi connectivity index (χ0n) is 24.1. The second kappa shape index (κ2) is 14.0. The fourth-order valence-electron chi connectivity index (χ4n) is 4.75. The van der Waals surface area contributed by atoms with Gasteiger partial charge in [0.1, 0.15) is 23.0 Å². The molecule has 0 aromatic heterocycles. The molecule has 0 spiro atoms. The van der Waals surface area contributed by atoms with Gasteiger partial charge in [-0.05, 0) is 49.1 Å². The molecule has 4 rings (SSSR count). The van der Waals surface area contributed by atoms with Crippen LogP contribution in [-0.2, 0) is 20.9 Å². The van der Waals surface area contributed by atoms with Gasteiger partial charge in [-0.2, -0.15) is 5.26 Å². The molecule has 0 unspecified atom stereocenters. The van der Waals surface area contributed by atoms with Gasteiger partial charge in [0.05, 0.1) is 13.2 Å². The lowest BCUT2D eigenvalue weighted by molar-refractivity contribution is -0.116. The standard InChI is InChI=1S/C35H35N2O4P/c1-35(2,3)41-34(39)37-31(26-40-25-27-16-8-4-9-17-27)33(38)32(24-36)42(28-18-10-5-11-19-28,29-20-12-6-13-21-29)30-22-14-7-15-23-30/h4-23,31H,25-26H2,1-3H3,(H,37,39)/t31-/m0/s1. The molecule has 1 N–H and O–H groups in total. The van der Waals surface area contributed by atoms with Crippen molar-refractivity contribution >= 4 is 40.0 Å². The van der Waals surface area contributed by atoms with E-state index < -0.39 is 30.4 Å². The van der Waals surface area contributed by atoms with Gasteiger partial charge in [-0.25, -0.2) is 4.79 Å². The van der Waals surface area contributed by atoms with Crippen molar-refractivity contribution in [3.05, 3.63) is 127 Å². The van der Waals surface area contributed by atoms with E-state index in [9.17, 15) is 14.9 Å². The second-order valence-electron chi connectivity index (χ2n) is 10.7. The predicted octanol–water partition coefficient (Wildman–Crippen LogP) is 5.36. The van der Waals surface area contributed by atoms with Crippen LogP contribution in [0.15, 0.2) is 121 Å². The minimum Gasteiger partial charge on any atom is -0.444 e. The Morgan fingerprint density at radius 3 is 1.60 bits per heavy atom. The highest BCUT2D eigenvalue weighted by Gasteiger charge is 2.37. The zero-order chi connectivity index (χ0) is 30.0. The van der Waals surface area contributed by atoms with E-state index in [1.165, 1.54) is 0 Å². The first kappa shape index (κ1) is 30.5. The van der Waals surface area contributed by atoms with Crippen molar-refractivity contribution in [1.82, 2.24) is 5.32 Å². The molecule has 6 nitrogen and oxygen atoms in total. The molecule has 214 valence electrons. The van der Waals surface area contributed by atoms with E-state index in [4.69, 9.17) is 9.47 Å². The van der Waals surface area contributed by atoms with Gasteiger partial charge in [0.25, 0.3) is 0 Å². The van der Waals surface area contributed by atoms with Gasteiger partial charge in [-0.1, -0.05) is 121 Å². The Kier molecular flexibility index (Phi) is 10.1. The summed E-state index contributed by atoms with van der Waals surface area (Å²) in [5.74, 6) is -0.513. The number of benzene rings is 4. The molecule has 0 saturated carbocycles. The summed E-state index contributed by atoms with van der Waals surface area (Å²) in [6.07, 6.45) is -0.760. The highest BCUT2D eigenvalue weighted by Crippen LogP contribution is 2.46. The smallest absolute Gasteiger partial charge is 0.408 e. The molecule has 0 aliphatic rings. The van der Waals surface area contributed by atoms with Crippen molar-refractivity contribution in [1.29, 1.82) is 5.26 Å². The highest BCUT2D eigenvalue weighted by atomic mass is 31.2. The van der Waals surface area contributed by atoms with Crippen molar-refractivity contribution in [3.63, 3.8) is 0 Å². The number of nitrogens with one attached hydrogen (secondary N) is 1. The van der Waals surface area contributed by atoms with E-state index in [0.717, 1.165) is 21.5 Å². The number of hydrogen-bond acceptors (Lipinski definition) is 5. The van der Waals surface area contributed by atoms with Crippen molar-refractivity contribution in [2.75, 3.05) is 6.61 Å². The summed E-state index contributed by atoms with van der Waals surface area (Å²) >= 11 is 0. The first-order chi connectivity index (χ1) is 20.3. The summed E-state index contributed by atoms with van der Waals surface area (Å²) in [7, 11) is 0. The normalized spacial score (nSPS) is 12.0. The Morgan fingerprint density at radius 1 is 0.762 bits per heavy atom. The molecule has 4 aromatic carbocycles. The number of alkyl carbamates (subject to hydrolysis) is 1. The number of rotatable bonds is 10. The van der Waals surface area contributed by atoms with Gasteiger partial charge in [-0.15, -0.1) is 0 Å². The van der Waals surface area contributed by atoms with Crippen LogP contribution < -0.4 is 21.2 Å². The van der Waals surface area contributed by atoms with Gasteiger partial charge in [-0.3, -0.25) is 4.79 Å². The van der Waals surface area contributed by atoms with Crippen molar-refractivity contribution in [3.8, 4) is 6.07 Å². The fourth-order valence-corrected chi connectivity index (χ4v) is 8.91. The molecular weight excluding hydrogens is 543 g/mol. The van der Waals surface area contributed by atoms with Gasteiger partial charge in [0.2, 0.25) is 0 Å². The van der Waals surface area contributed by atoms with Crippen LogP contribution in [-0.4, -0.2) is 35.4 Å². The number of carbonyl (C=O) groups is 2. The van der Waals surface area contributed by atoms with Crippen molar-refractivity contribution in [2.45, 2.75) is 39.0 Å². The van der Waals surface area contributed by atoms with Crippen LogP contribution >= 0.6 is 6.89 Å². The third-order valence-corrected chi connectivity index (χ3v) is 10.7. The molecule has 4 aromatic rings. The van der Waals surface area contributed by atoms with Crippen LogP contribution in [0.3, 0.4) is 0 Å².